The van der Waals surface area contributed by atoms with Gasteiger partial charge in [0.2, 0.25) is 0 Å². The number of nitrogens with one attached hydrogen (secondary N) is 1. The highest BCUT2D eigenvalue weighted by molar-refractivity contribution is 5.95. The molecular weight excluding hydrogens is 276 g/mol. The average Bonchev–Trinajstić information content (AvgIpc) is 2.55. The van der Waals surface area contributed by atoms with E-state index in [2.05, 4.69) is 4.98 Å². The number of benzene rings is 2. The van der Waals surface area contributed by atoms with E-state index >= 15 is 0 Å². The van der Waals surface area contributed by atoms with E-state index in [0.717, 1.165) is 16.5 Å². The van der Waals surface area contributed by atoms with Crippen LogP contribution in [-0.4, -0.2) is 18.1 Å². The van der Waals surface area contributed by atoms with Crippen LogP contribution in [0.3, 0.4) is 0 Å². The Bertz CT molecular complexity index is 854. The molecule has 0 saturated heterocycles. The summed E-state index contributed by atoms with van der Waals surface area (Å²) < 4.78 is 5.89. The third kappa shape index (κ3) is 2.49. The van der Waals surface area contributed by atoms with Crippen LogP contribution < -0.4 is 16.0 Å². The van der Waals surface area contributed by atoms with Crippen molar-refractivity contribution in [3.05, 3.63) is 64.4 Å². The fourth-order valence-electron chi connectivity index (χ4n) is 2.63. The Balaban J connectivity index is 2.36. The zero-order valence-electron chi connectivity index (χ0n) is 12.4. The maximum absolute atomic E-state index is 12.4. The Hall–Kier alpha value is -2.59. The van der Waals surface area contributed by atoms with E-state index < -0.39 is 0 Å². The number of aromatic nitrogens is 1. The molecule has 4 heteroatoms. The van der Waals surface area contributed by atoms with Crippen LogP contribution in [0.25, 0.3) is 22.0 Å². The van der Waals surface area contributed by atoms with Crippen molar-refractivity contribution >= 4 is 10.8 Å². The second kappa shape index (κ2) is 6.03. The summed E-state index contributed by atoms with van der Waals surface area (Å²) >= 11 is 0. The van der Waals surface area contributed by atoms with E-state index in [9.17, 15) is 4.79 Å². The summed E-state index contributed by atoms with van der Waals surface area (Å²) in [5, 5.41) is 1.48. The third-order valence-corrected chi connectivity index (χ3v) is 3.64. The fraction of sp³-hybridized carbons (Fsp3) is 0.167. The lowest BCUT2D eigenvalue weighted by Gasteiger charge is -2.15. The zero-order valence-corrected chi connectivity index (χ0v) is 12.4. The van der Waals surface area contributed by atoms with E-state index in [4.69, 9.17) is 10.5 Å². The van der Waals surface area contributed by atoms with Gasteiger partial charge in [0.15, 0.2) is 5.75 Å². The van der Waals surface area contributed by atoms with Crippen LogP contribution in [0.4, 0.5) is 0 Å². The van der Waals surface area contributed by atoms with Crippen LogP contribution in [0, 0.1) is 6.92 Å². The molecule has 112 valence electrons. The van der Waals surface area contributed by atoms with Gasteiger partial charge in [-0.25, -0.2) is 0 Å². The topological polar surface area (TPSA) is 68.1 Å². The van der Waals surface area contributed by atoms with E-state index in [1.807, 2.05) is 55.5 Å². The minimum absolute atomic E-state index is 0.113. The number of hydrogen-bond donors (Lipinski definition) is 2. The fourth-order valence-corrected chi connectivity index (χ4v) is 2.63. The molecule has 0 unspecified atom stereocenters. The molecule has 1 heterocycles. The van der Waals surface area contributed by atoms with Gasteiger partial charge in [0.25, 0.3) is 5.56 Å². The monoisotopic (exact) mass is 294 g/mol. The molecule has 0 radical (unpaired) electrons. The molecule has 3 rings (SSSR count). The van der Waals surface area contributed by atoms with Crippen LogP contribution in [0.2, 0.25) is 0 Å². The van der Waals surface area contributed by atoms with E-state index in [-0.39, 0.29) is 5.56 Å². The summed E-state index contributed by atoms with van der Waals surface area (Å²) in [6.07, 6.45) is 0. The molecule has 0 aliphatic heterocycles. The first-order valence-corrected chi connectivity index (χ1v) is 7.26. The van der Waals surface area contributed by atoms with Crippen LogP contribution in [0.1, 0.15) is 5.56 Å². The second-order valence-electron chi connectivity index (χ2n) is 5.16. The molecule has 0 aliphatic rings. The summed E-state index contributed by atoms with van der Waals surface area (Å²) in [6.45, 7) is 2.79. The molecule has 22 heavy (non-hydrogen) atoms. The molecule has 0 spiro atoms. The lowest BCUT2D eigenvalue weighted by molar-refractivity contribution is 0.332. The van der Waals surface area contributed by atoms with Crippen molar-refractivity contribution in [1.29, 1.82) is 0 Å². The van der Waals surface area contributed by atoms with Gasteiger partial charge in [-0.1, -0.05) is 42.5 Å². The molecule has 0 aliphatic carbocycles. The first-order valence-electron chi connectivity index (χ1n) is 7.26. The van der Waals surface area contributed by atoms with Crippen molar-refractivity contribution in [2.75, 3.05) is 13.2 Å². The standard InChI is InChI=1S/C18H18N2O2/c1-12-6-5-9-14-15(12)17(22-11-10-19)16(20-18(14)21)13-7-3-2-4-8-13/h2-9H,10-11,19H2,1H3,(H,20,21). The van der Waals surface area contributed by atoms with Gasteiger partial charge in [0.05, 0.1) is 11.1 Å². The van der Waals surface area contributed by atoms with Gasteiger partial charge in [0.1, 0.15) is 6.61 Å². The molecule has 1 aromatic heterocycles. The van der Waals surface area contributed by atoms with Crippen molar-refractivity contribution in [1.82, 2.24) is 4.98 Å². The highest BCUT2D eigenvalue weighted by atomic mass is 16.5. The Morgan fingerprint density at radius 2 is 1.86 bits per heavy atom. The number of fused-ring (bicyclic) bond motifs is 1. The number of ether oxygens (including phenoxy) is 1. The first kappa shape index (κ1) is 14.4. The van der Waals surface area contributed by atoms with Gasteiger partial charge in [-0.15, -0.1) is 0 Å². The normalized spacial score (nSPS) is 10.8. The van der Waals surface area contributed by atoms with Gasteiger partial charge in [0, 0.05) is 17.5 Å². The van der Waals surface area contributed by atoms with Crippen LogP contribution in [-0.2, 0) is 0 Å². The summed E-state index contributed by atoms with van der Waals surface area (Å²) in [5.41, 5.74) is 8.08. The minimum atomic E-state index is -0.113. The molecule has 0 amide bonds. The van der Waals surface area contributed by atoms with Crippen molar-refractivity contribution in [3.8, 4) is 17.0 Å². The predicted octanol–water partition coefficient (Wildman–Crippen LogP) is 2.84. The highest BCUT2D eigenvalue weighted by Crippen LogP contribution is 2.35. The number of aromatic amines is 1. The van der Waals surface area contributed by atoms with Gasteiger partial charge < -0.3 is 15.5 Å². The molecule has 3 N–H and O–H groups in total. The van der Waals surface area contributed by atoms with Crippen LogP contribution >= 0.6 is 0 Å². The maximum atomic E-state index is 12.4. The third-order valence-electron chi connectivity index (χ3n) is 3.64. The molecular formula is C18H18N2O2. The predicted molar refractivity (Wildman–Crippen MR) is 89.3 cm³/mol. The van der Waals surface area contributed by atoms with Gasteiger partial charge in [-0.2, -0.15) is 0 Å². The molecule has 4 nitrogen and oxygen atoms in total. The van der Waals surface area contributed by atoms with Crippen molar-refractivity contribution < 1.29 is 4.74 Å². The van der Waals surface area contributed by atoms with Crippen molar-refractivity contribution in [2.24, 2.45) is 5.73 Å². The number of H-pyrrole nitrogens is 1. The average molecular weight is 294 g/mol. The Morgan fingerprint density at radius 1 is 1.09 bits per heavy atom. The SMILES string of the molecule is Cc1cccc2c(=O)[nH]c(-c3ccccc3)c(OCCN)c12. The number of nitrogens with two attached hydrogens (primary N) is 1. The smallest absolute Gasteiger partial charge is 0.256 e. The maximum Gasteiger partial charge on any atom is 0.256 e. The second-order valence-corrected chi connectivity index (χ2v) is 5.16. The van der Waals surface area contributed by atoms with E-state index in [1.54, 1.807) is 0 Å². The molecule has 3 aromatic rings. The first-order chi connectivity index (χ1) is 10.7. The molecule has 0 fully saturated rings. The highest BCUT2D eigenvalue weighted by Gasteiger charge is 2.15. The van der Waals surface area contributed by atoms with Crippen molar-refractivity contribution in [3.63, 3.8) is 0 Å². The lowest BCUT2D eigenvalue weighted by atomic mass is 10.0. The quantitative estimate of drug-likeness (QED) is 0.777. The summed E-state index contributed by atoms with van der Waals surface area (Å²) in [6, 6.07) is 15.4. The number of hydrogen-bond acceptors (Lipinski definition) is 3. The minimum Gasteiger partial charge on any atom is -0.489 e. The summed E-state index contributed by atoms with van der Waals surface area (Å²) in [4.78, 5) is 15.4. The molecule has 2 aromatic carbocycles. The van der Waals surface area contributed by atoms with Gasteiger partial charge >= 0.3 is 0 Å². The van der Waals surface area contributed by atoms with Crippen LogP contribution in [0.5, 0.6) is 5.75 Å². The summed E-state index contributed by atoms with van der Waals surface area (Å²) in [5.74, 6) is 0.685. The molecule has 0 bridgehead atoms. The van der Waals surface area contributed by atoms with Crippen molar-refractivity contribution in [2.45, 2.75) is 6.92 Å². The molecule has 0 saturated carbocycles. The number of pyridine rings is 1. The summed E-state index contributed by atoms with van der Waals surface area (Å²) in [7, 11) is 0. The number of aryl methyl sites for hydroxylation is 1. The number of rotatable bonds is 4. The Morgan fingerprint density at radius 3 is 2.59 bits per heavy atom. The molecule has 0 atom stereocenters. The van der Waals surface area contributed by atoms with E-state index in [0.29, 0.717) is 30.0 Å². The zero-order chi connectivity index (χ0) is 15.5. The Labute approximate surface area is 128 Å². The lowest BCUT2D eigenvalue weighted by Crippen LogP contribution is -2.15. The Kier molecular flexibility index (Phi) is 3.94. The van der Waals surface area contributed by atoms with Crippen LogP contribution in [0.15, 0.2) is 53.3 Å². The van der Waals surface area contributed by atoms with Gasteiger partial charge in [-0.05, 0) is 18.6 Å². The van der Waals surface area contributed by atoms with E-state index in [1.165, 1.54) is 0 Å². The largest absolute Gasteiger partial charge is 0.489 e. The van der Waals surface area contributed by atoms with Gasteiger partial charge in [-0.3, -0.25) is 4.79 Å².